The van der Waals surface area contributed by atoms with Gasteiger partial charge in [-0.1, -0.05) is 0 Å². The first-order valence-corrected chi connectivity index (χ1v) is 7.80. The van der Waals surface area contributed by atoms with Crippen molar-refractivity contribution in [2.75, 3.05) is 19.7 Å². The summed E-state index contributed by atoms with van der Waals surface area (Å²) in [4.78, 5) is 6.95. The van der Waals surface area contributed by atoms with Gasteiger partial charge in [0, 0.05) is 37.9 Å². The molecule has 2 heterocycles. The summed E-state index contributed by atoms with van der Waals surface area (Å²) in [6.07, 6.45) is 7.00. The van der Waals surface area contributed by atoms with Crippen LogP contribution in [0, 0.1) is 0 Å². The van der Waals surface area contributed by atoms with Crippen LogP contribution in [0.1, 0.15) is 32.4 Å². The van der Waals surface area contributed by atoms with Gasteiger partial charge in [0.1, 0.15) is 0 Å². The lowest BCUT2D eigenvalue weighted by atomic mass is 10.2. The second-order valence-corrected chi connectivity index (χ2v) is 6.30. The van der Waals surface area contributed by atoms with Crippen molar-refractivity contribution < 1.29 is 4.74 Å². The Morgan fingerprint density at radius 1 is 1.45 bits per heavy atom. The minimum atomic E-state index is 0.282. The molecule has 112 valence electrons. The smallest absolute Gasteiger partial charge is 0.0950 e. The van der Waals surface area contributed by atoms with E-state index in [1.165, 1.54) is 12.8 Å². The van der Waals surface area contributed by atoms with Crippen LogP contribution in [-0.2, 0) is 17.8 Å². The third-order valence-corrected chi connectivity index (χ3v) is 4.15. The number of hydrogen-bond donors (Lipinski definition) is 1. The number of rotatable bonds is 6. The number of morpholine rings is 1. The van der Waals surface area contributed by atoms with E-state index < -0.39 is 0 Å². The first-order chi connectivity index (χ1) is 9.70. The highest BCUT2D eigenvalue weighted by molar-refractivity contribution is 4.98. The summed E-state index contributed by atoms with van der Waals surface area (Å²) in [5.74, 6) is 0. The number of nitrogens with one attached hydrogen (secondary N) is 1. The Balaban J connectivity index is 1.49. The number of nitrogens with zero attached hydrogens (tertiary/aromatic N) is 3. The topological polar surface area (TPSA) is 42.3 Å². The molecule has 0 amide bonds. The summed E-state index contributed by atoms with van der Waals surface area (Å²) < 4.78 is 8.04. The zero-order chi connectivity index (χ0) is 13.9. The predicted molar refractivity (Wildman–Crippen MR) is 78.5 cm³/mol. The van der Waals surface area contributed by atoms with Crippen molar-refractivity contribution in [1.29, 1.82) is 0 Å². The van der Waals surface area contributed by atoms with Gasteiger partial charge in [-0.25, -0.2) is 4.98 Å². The zero-order valence-corrected chi connectivity index (χ0v) is 12.6. The van der Waals surface area contributed by atoms with Gasteiger partial charge < -0.3 is 14.6 Å². The maximum Gasteiger partial charge on any atom is 0.0950 e. The van der Waals surface area contributed by atoms with Crippen molar-refractivity contribution in [2.45, 2.75) is 58.0 Å². The van der Waals surface area contributed by atoms with Gasteiger partial charge in [0.15, 0.2) is 0 Å². The van der Waals surface area contributed by atoms with Crippen molar-refractivity contribution in [3.63, 3.8) is 0 Å². The van der Waals surface area contributed by atoms with Crippen LogP contribution in [0.2, 0.25) is 0 Å². The molecule has 2 fully saturated rings. The molecule has 1 saturated carbocycles. The van der Waals surface area contributed by atoms with E-state index in [1.54, 1.807) is 0 Å². The van der Waals surface area contributed by atoms with E-state index >= 15 is 0 Å². The molecule has 0 spiro atoms. The monoisotopic (exact) mass is 278 g/mol. The van der Waals surface area contributed by atoms with Crippen LogP contribution in [0.5, 0.6) is 0 Å². The van der Waals surface area contributed by atoms with Crippen LogP contribution >= 0.6 is 0 Å². The summed E-state index contributed by atoms with van der Waals surface area (Å²) in [6.45, 7) is 9.21. The molecule has 0 radical (unpaired) electrons. The Kier molecular flexibility index (Phi) is 4.38. The van der Waals surface area contributed by atoms with Gasteiger partial charge in [0.25, 0.3) is 0 Å². The summed E-state index contributed by atoms with van der Waals surface area (Å²) in [7, 11) is 0. The average molecular weight is 278 g/mol. The fraction of sp³-hybridized carbons (Fsp3) is 0.800. The highest BCUT2D eigenvalue weighted by Gasteiger charge is 2.23. The third-order valence-electron chi connectivity index (χ3n) is 4.15. The molecule has 5 nitrogen and oxygen atoms in total. The molecule has 20 heavy (non-hydrogen) atoms. The van der Waals surface area contributed by atoms with Gasteiger partial charge in [-0.3, -0.25) is 4.90 Å². The quantitative estimate of drug-likeness (QED) is 0.850. The molecule has 5 heteroatoms. The maximum absolute atomic E-state index is 5.87. The summed E-state index contributed by atoms with van der Waals surface area (Å²) in [6, 6.07) is 1.34. The molecule has 1 atom stereocenters. The van der Waals surface area contributed by atoms with Crippen LogP contribution in [0.3, 0.4) is 0 Å². The predicted octanol–water partition coefficient (Wildman–Crippen LogP) is 1.24. The molecule has 0 aromatic carbocycles. The number of imidazole rings is 1. The SMILES string of the molecule is CC(C)N1CCOC(Cn2cnc(CNC3CC3)c2)C1. The van der Waals surface area contributed by atoms with Crippen molar-refractivity contribution in [3.05, 3.63) is 18.2 Å². The van der Waals surface area contributed by atoms with Crippen LogP contribution < -0.4 is 5.32 Å². The van der Waals surface area contributed by atoms with E-state index in [-0.39, 0.29) is 6.10 Å². The largest absolute Gasteiger partial charge is 0.374 e. The first-order valence-electron chi connectivity index (χ1n) is 7.80. The molecule has 1 aliphatic carbocycles. The van der Waals surface area contributed by atoms with Crippen LogP contribution in [-0.4, -0.2) is 52.3 Å². The van der Waals surface area contributed by atoms with E-state index in [4.69, 9.17) is 4.74 Å². The Hall–Kier alpha value is -0.910. The van der Waals surface area contributed by atoms with E-state index in [9.17, 15) is 0 Å². The standard InChI is InChI=1S/C15H26N4O/c1-12(2)19-5-6-20-15(10-19)9-18-8-14(17-11-18)7-16-13-3-4-13/h8,11-13,15-16H,3-7,9-10H2,1-2H3. The molecule has 1 aromatic heterocycles. The fourth-order valence-electron chi connectivity index (χ4n) is 2.69. The maximum atomic E-state index is 5.87. The Morgan fingerprint density at radius 3 is 3.05 bits per heavy atom. The molecule has 2 aliphatic rings. The van der Waals surface area contributed by atoms with E-state index in [1.807, 2.05) is 6.33 Å². The molecular formula is C15H26N4O. The lowest BCUT2D eigenvalue weighted by Crippen LogP contribution is -2.47. The minimum absolute atomic E-state index is 0.282. The van der Waals surface area contributed by atoms with Gasteiger partial charge in [-0.2, -0.15) is 0 Å². The summed E-state index contributed by atoms with van der Waals surface area (Å²) in [5, 5.41) is 3.50. The number of hydrogen-bond acceptors (Lipinski definition) is 4. The van der Waals surface area contributed by atoms with Crippen LogP contribution in [0.25, 0.3) is 0 Å². The minimum Gasteiger partial charge on any atom is -0.374 e. The highest BCUT2D eigenvalue weighted by Crippen LogP contribution is 2.19. The second kappa shape index (κ2) is 6.24. The van der Waals surface area contributed by atoms with Crippen molar-refractivity contribution in [1.82, 2.24) is 19.8 Å². The average Bonchev–Trinajstić information content (AvgIpc) is 3.17. The molecule has 1 aliphatic heterocycles. The van der Waals surface area contributed by atoms with Crippen molar-refractivity contribution in [2.24, 2.45) is 0 Å². The zero-order valence-electron chi connectivity index (χ0n) is 12.6. The van der Waals surface area contributed by atoms with E-state index in [2.05, 4.69) is 39.8 Å². The summed E-state index contributed by atoms with van der Waals surface area (Å²) in [5.41, 5.74) is 1.13. The molecule has 1 unspecified atom stereocenters. The Bertz CT molecular complexity index is 427. The van der Waals surface area contributed by atoms with Gasteiger partial charge >= 0.3 is 0 Å². The van der Waals surface area contributed by atoms with Crippen molar-refractivity contribution in [3.8, 4) is 0 Å². The van der Waals surface area contributed by atoms with Gasteiger partial charge in [-0.05, 0) is 26.7 Å². The summed E-state index contributed by atoms with van der Waals surface area (Å²) >= 11 is 0. The van der Waals surface area contributed by atoms with Crippen LogP contribution in [0.15, 0.2) is 12.5 Å². The third kappa shape index (κ3) is 3.81. The van der Waals surface area contributed by atoms with Gasteiger partial charge in [0.05, 0.1) is 31.3 Å². The van der Waals surface area contributed by atoms with E-state index in [0.29, 0.717) is 6.04 Å². The highest BCUT2D eigenvalue weighted by atomic mass is 16.5. The Labute approximate surface area is 121 Å². The molecule has 0 bridgehead atoms. The van der Waals surface area contributed by atoms with E-state index in [0.717, 1.165) is 44.5 Å². The fourth-order valence-corrected chi connectivity index (χ4v) is 2.69. The second-order valence-electron chi connectivity index (χ2n) is 6.30. The molecule has 1 saturated heterocycles. The normalized spacial score (nSPS) is 24.4. The van der Waals surface area contributed by atoms with Gasteiger partial charge in [0.2, 0.25) is 0 Å². The first kappa shape index (κ1) is 14.0. The lowest BCUT2D eigenvalue weighted by Gasteiger charge is -2.35. The molecule has 1 N–H and O–H groups in total. The Morgan fingerprint density at radius 2 is 2.30 bits per heavy atom. The van der Waals surface area contributed by atoms with Crippen molar-refractivity contribution >= 4 is 0 Å². The molecular weight excluding hydrogens is 252 g/mol. The number of aromatic nitrogens is 2. The van der Waals surface area contributed by atoms with Gasteiger partial charge in [-0.15, -0.1) is 0 Å². The lowest BCUT2D eigenvalue weighted by molar-refractivity contribution is -0.0456. The molecule has 3 rings (SSSR count). The number of ether oxygens (including phenoxy) is 1. The molecule has 1 aromatic rings. The van der Waals surface area contributed by atoms with Crippen LogP contribution in [0.4, 0.5) is 0 Å².